The molecular weight excluding hydrogens is 527 g/mol. The maximum atomic E-state index is 14.2. The number of fused-ring (bicyclic) bond motifs is 1. The fourth-order valence-electron chi connectivity index (χ4n) is 5.14. The van der Waals surface area contributed by atoms with Crippen LogP contribution in [0.25, 0.3) is 11.0 Å². The van der Waals surface area contributed by atoms with Gasteiger partial charge in [-0.15, -0.1) is 0 Å². The Morgan fingerprint density at radius 1 is 1.12 bits per heavy atom. The third-order valence-electron chi connectivity index (χ3n) is 7.58. The molecule has 2 fully saturated rings. The van der Waals surface area contributed by atoms with E-state index in [1.807, 2.05) is 18.2 Å². The van der Waals surface area contributed by atoms with Crippen molar-refractivity contribution in [1.29, 1.82) is 5.26 Å². The summed E-state index contributed by atoms with van der Waals surface area (Å²) >= 11 is 0. The van der Waals surface area contributed by atoms with E-state index in [-0.39, 0.29) is 23.8 Å². The molecule has 41 heavy (non-hydrogen) atoms. The Balaban J connectivity index is 1.10. The lowest BCUT2D eigenvalue weighted by atomic mass is 10.1. The van der Waals surface area contributed by atoms with Crippen LogP contribution in [0.2, 0.25) is 0 Å². The number of piperazine rings is 1. The van der Waals surface area contributed by atoms with Crippen molar-refractivity contribution in [1.82, 2.24) is 19.4 Å². The summed E-state index contributed by atoms with van der Waals surface area (Å²) in [6.45, 7) is 5.18. The Morgan fingerprint density at radius 3 is 2.66 bits per heavy atom. The Morgan fingerprint density at radius 2 is 1.95 bits per heavy atom. The monoisotopic (exact) mass is 556 g/mol. The van der Waals surface area contributed by atoms with Gasteiger partial charge < -0.3 is 24.0 Å². The van der Waals surface area contributed by atoms with Gasteiger partial charge in [0.05, 0.1) is 47.4 Å². The number of carbonyl (C=O) groups is 1. The predicted molar refractivity (Wildman–Crippen MR) is 148 cm³/mol. The van der Waals surface area contributed by atoms with E-state index < -0.39 is 11.8 Å². The van der Waals surface area contributed by atoms with Gasteiger partial charge in [0.1, 0.15) is 24.1 Å². The average molecular weight is 557 g/mol. The van der Waals surface area contributed by atoms with Gasteiger partial charge in [-0.3, -0.25) is 4.90 Å². The van der Waals surface area contributed by atoms with Crippen LogP contribution in [0.4, 0.5) is 10.2 Å². The number of hydrogen-bond donors (Lipinski definition) is 1. The first-order valence-electron chi connectivity index (χ1n) is 13.6. The molecule has 4 aromatic rings. The highest BCUT2D eigenvalue weighted by atomic mass is 19.1. The quantitative estimate of drug-likeness (QED) is 0.328. The predicted octanol–water partition coefficient (Wildman–Crippen LogP) is 3.83. The standard InChI is InChI=1S/C30H29FN6O4/c31-24-14-20(16-32)4-5-22(24)19-41-29-3-1-2-27(34-29)36-11-9-35(10-12-36)18-28-33-25-7-6-21(30(38)39)15-26(25)37(28)17-23-8-13-40-23/h1-7,14-15,23H,8-13,17-19H2,(H,38,39)/t23-/m0/s1. The fraction of sp³-hybridized carbons (Fsp3) is 0.333. The van der Waals surface area contributed by atoms with Gasteiger partial charge in [-0.2, -0.15) is 10.2 Å². The summed E-state index contributed by atoms with van der Waals surface area (Å²) in [5.74, 6) is 0.656. The van der Waals surface area contributed by atoms with Gasteiger partial charge in [0.15, 0.2) is 0 Å². The van der Waals surface area contributed by atoms with Gasteiger partial charge in [-0.25, -0.2) is 14.2 Å². The Labute approximate surface area is 236 Å². The van der Waals surface area contributed by atoms with Crippen molar-refractivity contribution in [2.24, 2.45) is 0 Å². The van der Waals surface area contributed by atoms with Gasteiger partial charge in [0.25, 0.3) is 0 Å². The molecule has 4 heterocycles. The highest BCUT2D eigenvalue weighted by molar-refractivity contribution is 5.92. The molecule has 0 bridgehead atoms. The Bertz CT molecular complexity index is 1620. The van der Waals surface area contributed by atoms with E-state index in [1.54, 1.807) is 36.4 Å². The SMILES string of the molecule is N#Cc1ccc(COc2cccc(N3CCN(Cc4nc5ccc(C(=O)O)cc5n4C[C@@H]4CCO4)CC3)n2)c(F)c1. The summed E-state index contributed by atoms with van der Waals surface area (Å²) in [7, 11) is 0. The lowest BCUT2D eigenvalue weighted by Gasteiger charge is -2.35. The van der Waals surface area contributed by atoms with Crippen LogP contribution in [0.1, 0.15) is 33.7 Å². The summed E-state index contributed by atoms with van der Waals surface area (Å²) in [4.78, 5) is 25.6. The number of benzene rings is 2. The van der Waals surface area contributed by atoms with Crippen molar-refractivity contribution < 1.29 is 23.8 Å². The maximum absolute atomic E-state index is 14.2. The second kappa shape index (κ2) is 11.5. The van der Waals surface area contributed by atoms with Crippen LogP contribution >= 0.6 is 0 Å². The largest absolute Gasteiger partial charge is 0.478 e. The van der Waals surface area contributed by atoms with Crippen molar-refractivity contribution in [3.8, 4) is 11.9 Å². The average Bonchev–Trinajstić information content (AvgIpc) is 3.30. The van der Waals surface area contributed by atoms with Gasteiger partial charge in [0, 0.05) is 44.4 Å². The molecule has 1 N–H and O–H groups in total. The molecule has 0 unspecified atom stereocenters. The molecule has 0 aliphatic carbocycles. The minimum absolute atomic E-state index is 0.0165. The van der Waals surface area contributed by atoms with Crippen molar-refractivity contribution in [2.45, 2.75) is 32.2 Å². The smallest absolute Gasteiger partial charge is 0.335 e. The highest BCUT2D eigenvalue weighted by Crippen LogP contribution is 2.25. The molecular formula is C30H29FN6O4. The number of rotatable bonds is 9. The summed E-state index contributed by atoms with van der Waals surface area (Å²) in [6.07, 6.45) is 1.10. The summed E-state index contributed by atoms with van der Waals surface area (Å²) < 4.78 is 27.8. The number of halogens is 1. The van der Waals surface area contributed by atoms with Crippen molar-refractivity contribution in [3.05, 3.63) is 82.9 Å². The fourth-order valence-corrected chi connectivity index (χ4v) is 5.14. The topological polar surface area (TPSA) is 117 Å². The first-order chi connectivity index (χ1) is 20.0. The van der Waals surface area contributed by atoms with E-state index in [4.69, 9.17) is 19.7 Å². The number of anilines is 1. The number of carboxylic acid groups (broad SMARTS) is 1. The van der Waals surface area contributed by atoms with E-state index in [0.717, 1.165) is 61.9 Å². The number of pyridine rings is 1. The van der Waals surface area contributed by atoms with Crippen LogP contribution < -0.4 is 9.64 Å². The molecule has 2 aromatic heterocycles. The molecule has 0 saturated carbocycles. The first-order valence-corrected chi connectivity index (χ1v) is 13.6. The Hall–Kier alpha value is -4.53. The van der Waals surface area contributed by atoms with Gasteiger partial charge in [-0.05, 0) is 42.8 Å². The molecule has 0 amide bonds. The lowest BCUT2D eigenvalue weighted by molar-refractivity contribution is -0.0592. The number of nitriles is 1. The molecule has 11 heteroatoms. The molecule has 210 valence electrons. The van der Waals surface area contributed by atoms with E-state index in [9.17, 15) is 14.3 Å². The maximum Gasteiger partial charge on any atom is 0.335 e. The Kier molecular flexibility index (Phi) is 7.50. The molecule has 0 spiro atoms. The second-order valence-electron chi connectivity index (χ2n) is 10.2. The van der Waals surface area contributed by atoms with Crippen LogP contribution in [-0.2, 0) is 24.4 Å². The first kappa shape index (κ1) is 26.7. The van der Waals surface area contributed by atoms with Gasteiger partial charge in [-0.1, -0.05) is 12.1 Å². The minimum atomic E-state index is -0.957. The molecule has 2 saturated heterocycles. The number of aromatic carboxylic acids is 1. The van der Waals surface area contributed by atoms with Crippen LogP contribution in [0.5, 0.6) is 5.88 Å². The van der Waals surface area contributed by atoms with Crippen LogP contribution in [0, 0.1) is 17.1 Å². The van der Waals surface area contributed by atoms with E-state index >= 15 is 0 Å². The highest BCUT2D eigenvalue weighted by Gasteiger charge is 2.25. The number of aromatic nitrogens is 3. The third kappa shape index (κ3) is 5.84. The minimum Gasteiger partial charge on any atom is -0.478 e. The molecule has 2 aliphatic rings. The molecule has 10 nitrogen and oxygen atoms in total. The number of hydrogen-bond acceptors (Lipinski definition) is 8. The number of carboxylic acids is 1. The zero-order valence-electron chi connectivity index (χ0n) is 22.4. The van der Waals surface area contributed by atoms with Gasteiger partial charge in [0.2, 0.25) is 5.88 Å². The molecule has 6 rings (SSSR count). The zero-order chi connectivity index (χ0) is 28.3. The van der Waals surface area contributed by atoms with Crippen molar-refractivity contribution in [3.63, 3.8) is 0 Å². The lowest BCUT2D eigenvalue weighted by Crippen LogP contribution is -2.46. The number of ether oxygens (including phenoxy) is 2. The van der Waals surface area contributed by atoms with E-state index in [0.29, 0.717) is 24.5 Å². The third-order valence-corrected chi connectivity index (χ3v) is 7.58. The van der Waals surface area contributed by atoms with Crippen molar-refractivity contribution in [2.75, 3.05) is 37.7 Å². The summed E-state index contributed by atoms with van der Waals surface area (Å²) in [5, 5.41) is 18.4. The van der Waals surface area contributed by atoms with Crippen LogP contribution in [-0.4, -0.2) is 69.4 Å². The van der Waals surface area contributed by atoms with Crippen LogP contribution in [0.3, 0.4) is 0 Å². The number of imidazole rings is 1. The van der Waals surface area contributed by atoms with Crippen LogP contribution in [0.15, 0.2) is 54.6 Å². The number of nitrogens with zero attached hydrogens (tertiary/aromatic N) is 6. The second-order valence-corrected chi connectivity index (χ2v) is 10.2. The van der Waals surface area contributed by atoms with E-state index in [2.05, 4.69) is 19.4 Å². The molecule has 2 aliphatic heterocycles. The normalized spacial score (nSPS) is 17.3. The summed E-state index contributed by atoms with van der Waals surface area (Å²) in [5.41, 5.74) is 2.47. The molecule has 0 radical (unpaired) electrons. The van der Waals surface area contributed by atoms with E-state index in [1.165, 1.54) is 6.07 Å². The summed E-state index contributed by atoms with van der Waals surface area (Å²) in [6, 6.07) is 16.8. The zero-order valence-corrected chi connectivity index (χ0v) is 22.4. The molecule has 1 atom stereocenters. The van der Waals surface area contributed by atoms with Gasteiger partial charge >= 0.3 is 5.97 Å². The van der Waals surface area contributed by atoms with Crippen molar-refractivity contribution >= 4 is 22.8 Å². The molecule has 2 aromatic carbocycles.